The van der Waals surface area contributed by atoms with Gasteiger partial charge >= 0.3 is 5.97 Å². The number of carboxylic acids is 1. The van der Waals surface area contributed by atoms with Crippen LogP contribution in [-0.2, 0) is 4.79 Å². The number of nitrogens with zero attached hydrogens (tertiary/aromatic N) is 6. The number of nitrogens with one attached hydrogen (secondary N) is 1. The average molecular weight is 522 g/mol. The van der Waals surface area contributed by atoms with Crippen LogP contribution in [0.25, 0.3) is 22.2 Å². The number of carboxylic acid groups (broad SMARTS) is 1. The predicted octanol–water partition coefficient (Wildman–Crippen LogP) is 4.26. The summed E-state index contributed by atoms with van der Waals surface area (Å²) in [6, 6.07) is 8.16. The van der Waals surface area contributed by atoms with E-state index in [9.17, 15) is 9.18 Å². The van der Waals surface area contributed by atoms with Crippen molar-refractivity contribution in [3.63, 3.8) is 0 Å². The third kappa shape index (κ3) is 5.45. The quantitative estimate of drug-likeness (QED) is 0.369. The Morgan fingerprint density at radius 1 is 1.08 bits per heavy atom. The van der Waals surface area contributed by atoms with Crippen molar-refractivity contribution in [2.75, 3.05) is 42.9 Å². The summed E-state index contributed by atoms with van der Waals surface area (Å²) < 4.78 is 14.3. The van der Waals surface area contributed by atoms with E-state index in [1.54, 1.807) is 43.0 Å². The van der Waals surface area contributed by atoms with Crippen LogP contribution in [0.1, 0.15) is 18.5 Å². The van der Waals surface area contributed by atoms with E-state index in [1.807, 2.05) is 22.8 Å². The van der Waals surface area contributed by atoms with Crippen LogP contribution in [0.15, 0.2) is 55.1 Å². The molecule has 1 atom stereocenters. The molecule has 1 aliphatic rings. The largest absolute Gasteiger partial charge is 0.480 e. The lowest BCUT2D eigenvalue weighted by atomic mass is 10.1. The highest BCUT2D eigenvalue weighted by Crippen LogP contribution is 2.34. The lowest BCUT2D eigenvalue weighted by Gasteiger charge is -2.33. The molecule has 9 nitrogen and oxygen atoms in total. The van der Waals surface area contributed by atoms with Crippen molar-refractivity contribution in [3.05, 3.63) is 71.5 Å². The highest BCUT2D eigenvalue weighted by atomic mass is 35.5. The SMILES string of the molecule is C[C@@H](Nc1c(Cl)cnc2cnc(-c3cnc(N4CCN(CC(=O)O)CC4)nc3)cc12)c1ccccc1F. The van der Waals surface area contributed by atoms with Crippen molar-refractivity contribution in [1.82, 2.24) is 24.8 Å². The number of carbonyl (C=O) groups is 1. The molecule has 0 bridgehead atoms. The van der Waals surface area contributed by atoms with E-state index in [1.165, 1.54) is 6.07 Å². The van der Waals surface area contributed by atoms with E-state index in [4.69, 9.17) is 16.7 Å². The van der Waals surface area contributed by atoms with Gasteiger partial charge in [0.2, 0.25) is 5.95 Å². The van der Waals surface area contributed by atoms with Gasteiger partial charge in [0.15, 0.2) is 0 Å². The molecular weight excluding hydrogens is 497 g/mol. The summed E-state index contributed by atoms with van der Waals surface area (Å²) in [5.74, 6) is -0.529. The molecule has 0 spiro atoms. The molecular formula is C26H25ClFN7O2. The Bertz CT molecular complexity index is 1430. The number of pyridine rings is 2. The van der Waals surface area contributed by atoms with Gasteiger partial charge in [-0.25, -0.2) is 14.4 Å². The number of hydrogen-bond acceptors (Lipinski definition) is 8. The van der Waals surface area contributed by atoms with E-state index < -0.39 is 5.97 Å². The Hall–Kier alpha value is -3.89. The van der Waals surface area contributed by atoms with Gasteiger partial charge in [-0.1, -0.05) is 29.8 Å². The first-order valence-corrected chi connectivity index (χ1v) is 12.2. The van der Waals surface area contributed by atoms with E-state index in [-0.39, 0.29) is 18.4 Å². The summed E-state index contributed by atoms with van der Waals surface area (Å²) in [5.41, 5.74) is 3.20. The molecule has 0 radical (unpaired) electrons. The molecule has 1 aromatic carbocycles. The Labute approximate surface area is 218 Å². The zero-order valence-electron chi connectivity index (χ0n) is 20.1. The van der Waals surface area contributed by atoms with Crippen LogP contribution in [0, 0.1) is 5.82 Å². The number of anilines is 2. The first kappa shape index (κ1) is 24.8. The van der Waals surface area contributed by atoms with Crippen LogP contribution in [0.4, 0.5) is 16.0 Å². The molecule has 5 rings (SSSR count). The monoisotopic (exact) mass is 521 g/mol. The summed E-state index contributed by atoms with van der Waals surface area (Å²) in [6.07, 6.45) is 6.64. The van der Waals surface area contributed by atoms with Crippen molar-refractivity contribution >= 4 is 40.1 Å². The maximum absolute atomic E-state index is 14.3. The number of benzene rings is 1. The Morgan fingerprint density at radius 2 is 1.81 bits per heavy atom. The number of halogens is 2. The molecule has 1 saturated heterocycles. The molecule has 0 unspecified atom stereocenters. The lowest BCUT2D eigenvalue weighted by molar-refractivity contribution is -0.138. The molecule has 11 heteroatoms. The van der Waals surface area contributed by atoms with Gasteiger partial charge in [-0.2, -0.15) is 0 Å². The second-order valence-electron chi connectivity index (χ2n) is 8.88. The van der Waals surface area contributed by atoms with Crippen LogP contribution in [-0.4, -0.2) is 68.6 Å². The summed E-state index contributed by atoms with van der Waals surface area (Å²) in [4.78, 5) is 32.8. The van der Waals surface area contributed by atoms with E-state index in [0.717, 1.165) is 10.9 Å². The number of piperazine rings is 1. The number of fused-ring (bicyclic) bond motifs is 1. The van der Waals surface area contributed by atoms with Gasteiger partial charge in [0, 0.05) is 61.3 Å². The van der Waals surface area contributed by atoms with E-state index in [0.29, 0.717) is 59.6 Å². The molecule has 4 heterocycles. The molecule has 0 amide bonds. The maximum atomic E-state index is 14.3. The molecule has 0 saturated carbocycles. The topological polar surface area (TPSA) is 107 Å². The number of hydrogen-bond donors (Lipinski definition) is 2. The fourth-order valence-electron chi connectivity index (χ4n) is 4.41. The van der Waals surface area contributed by atoms with Gasteiger partial charge < -0.3 is 15.3 Å². The Kier molecular flexibility index (Phi) is 7.11. The van der Waals surface area contributed by atoms with Crippen molar-refractivity contribution in [2.45, 2.75) is 13.0 Å². The van der Waals surface area contributed by atoms with Crippen LogP contribution in [0.5, 0.6) is 0 Å². The van der Waals surface area contributed by atoms with E-state index >= 15 is 0 Å². The normalized spacial score (nSPS) is 15.1. The molecule has 37 heavy (non-hydrogen) atoms. The van der Waals surface area contributed by atoms with Gasteiger partial charge in [0.05, 0.1) is 40.7 Å². The van der Waals surface area contributed by atoms with Crippen LogP contribution >= 0.6 is 11.6 Å². The Morgan fingerprint density at radius 3 is 2.51 bits per heavy atom. The summed E-state index contributed by atoms with van der Waals surface area (Å²) in [6.45, 7) is 4.49. The fourth-order valence-corrected chi connectivity index (χ4v) is 4.61. The minimum absolute atomic E-state index is 0.0378. The maximum Gasteiger partial charge on any atom is 0.317 e. The summed E-state index contributed by atoms with van der Waals surface area (Å²) in [7, 11) is 0. The van der Waals surface area contributed by atoms with E-state index in [2.05, 4.69) is 25.3 Å². The van der Waals surface area contributed by atoms with Crippen LogP contribution in [0.3, 0.4) is 0 Å². The third-order valence-electron chi connectivity index (χ3n) is 6.39. The molecule has 0 aliphatic carbocycles. The highest BCUT2D eigenvalue weighted by molar-refractivity contribution is 6.34. The first-order valence-electron chi connectivity index (χ1n) is 11.9. The van der Waals surface area contributed by atoms with Crippen LogP contribution in [0.2, 0.25) is 5.02 Å². The Balaban J connectivity index is 1.38. The number of rotatable bonds is 7. The van der Waals surface area contributed by atoms with Crippen molar-refractivity contribution < 1.29 is 14.3 Å². The van der Waals surface area contributed by atoms with Gasteiger partial charge in [0.25, 0.3) is 0 Å². The lowest BCUT2D eigenvalue weighted by Crippen LogP contribution is -2.48. The smallest absolute Gasteiger partial charge is 0.317 e. The molecule has 190 valence electrons. The van der Waals surface area contributed by atoms with Crippen molar-refractivity contribution in [1.29, 1.82) is 0 Å². The number of aromatic nitrogens is 4. The average Bonchev–Trinajstić information content (AvgIpc) is 2.90. The zero-order chi connectivity index (χ0) is 25.9. The van der Waals surface area contributed by atoms with Gasteiger partial charge in [-0.3, -0.25) is 19.7 Å². The van der Waals surface area contributed by atoms with Gasteiger partial charge in [0.1, 0.15) is 5.82 Å². The standard InChI is InChI=1S/C26H25ClFN7O2/c1-16(18-4-2-3-5-21(18)28)33-25-19-10-22(30-14-23(19)29-13-20(25)27)17-11-31-26(32-12-17)35-8-6-34(7-9-35)15-24(36)37/h2-5,10-14,16H,6-9,15H2,1H3,(H,29,33)(H,36,37)/t16-/m1/s1. The summed E-state index contributed by atoms with van der Waals surface area (Å²) in [5, 5.41) is 13.5. The van der Waals surface area contributed by atoms with Crippen LogP contribution < -0.4 is 10.2 Å². The van der Waals surface area contributed by atoms with Crippen molar-refractivity contribution in [2.24, 2.45) is 0 Å². The molecule has 1 aliphatic heterocycles. The second kappa shape index (κ2) is 10.6. The first-order chi connectivity index (χ1) is 17.9. The predicted molar refractivity (Wildman–Crippen MR) is 140 cm³/mol. The van der Waals surface area contributed by atoms with Gasteiger partial charge in [-0.15, -0.1) is 0 Å². The molecule has 3 aromatic heterocycles. The molecule has 4 aromatic rings. The number of aliphatic carboxylic acids is 1. The van der Waals surface area contributed by atoms with Gasteiger partial charge in [-0.05, 0) is 19.1 Å². The fraction of sp³-hybridized carbons (Fsp3) is 0.269. The minimum Gasteiger partial charge on any atom is -0.480 e. The molecule has 1 fully saturated rings. The molecule has 2 N–H and O–H groups in total. The zero-order valence-corrected chi connectivity index (χ0v) is 20.9. The van der Waals surface area contributed by atoms with Crippen molar-refractivity contribution in [3.8, 4) is 11.3 Å². The minimum atomic E-state index is -0.825. The summed E-state index contributed by atoms with van der Waals surface area (Å²) >= 11 is 6.51. The third-order valence-corrected chi connectivity index (χ3v) is 6.68. The second-order valence-corrected chi connectivity index (χ2v) is 9.29. The highest BCUT2D eigenvalue weighted by Gasteiger charge is 2.21.